The minimum atomic E-state index is -3.69. The van der Waals surface area contributed by atoms with E-state index in [1.54, 1.807) is 42.5 Å². The minimum Gasteiger partial charge on any atom is -0.376 e. The monoisotopic (exact) mass is 445 g/mol. The van der Waals surface area contributed by atoms with Crippen LogP contribution in [0.1, 0.15) is 28.8 Å². The number of aryl methyl sites for hydroxylation is 1. The van der Waals surface area contributed by atoms with E-state index in [2.05, 4.69) is 10.6 Å². The van der Waals surface area contributed by atoms with Crippen LogP contribution in [0.15, 0.2) is 48.5 Å². The number of nitrogens with zero attached hydrogens (tertiary/aromatic N) is 1. The van der Waals surface area contributed by atoms with E-state index in [0.29, 0.717) is 30.1 Å². The highest BCUT2D eigenvalue weighted by Gasteiger charge is 2.22. The van der Waals surface area contributed by atoms with Crippen LogP contribution < -0.4 is 14.9 Å². The Labute approximate surface area is 182 Å². The summed E-state index contributed by atoms with van der Waals surface area (Å²) in [7, 11) is -3.69. The summed E-state index contributed by atoms with van der Waals surface area (Å²) in [6.45, 7) is 2.53. The first-order chi connectivity index (χ1) is 14.7. The van der Waals surface area contributed by atoms with Crippen molar-refractivity contribution in [3.8, 4) is 0 Å². The van der Waals surface area contributed by atoms with E-state index in [1.807, 2.05) is 13.0 Å². The molecule has 2 N–H and O–H groups in total. The fraction of sp³-hybridized carbons (Fsp3) is 0.364. The van der Waals surface area contributed by atoms with Crippen molar-refractivity contribution < 1.29 is 22.7 Å². The Balaban J connectivity index is 1.71. The lowest BCUT2D eigenvalue weighted by Crippen LogP contribution is -2.38. The largest absolute Gasteiger partial charge is 0.376 e. The van der Waals surface area contributed by atoms with E-state index in [0.717, 1.165) is 29.0 Å². The molecule has 1 aliphatic heterocycles. The molecule has 1 aliphatic rings. The van der Waals surface area contributed by atoms with Gasteiger partial charge in [0.2, 0.25) is 15.9 Å². The van der Waals surface area contributed by atoms with Crippen molar-refractivity contribution in [1.82, 2.24) is 5.32 Å². The number of para-hydroxylation sites is 1. The SMILES string of the molecule is Cc1cccc(N(CC(=O)Nc2ccccc2C(=O)NC[C@H]2CCCO2)S(C)(=O)=O)c1. The predicted molar refractivity (Wildman–Crippen MR) is 120 cm³/mol. The van der Waals surface area contributed by atoms with Crippen molar-refractivity contribution in [3.63, 3.8) is 0 Å². The third kappa shape index (κ3) is 6.28. The van der Waals surface area contributed by atoms with Crippen LogP contribution in [0.2, 0.25) is 0 Å². The van der Waals surface area contributed by atoms with Gasteiger partial charge in [-0.15, -0.1) is 0 Å². The van der Waals surface area contributed by atoms with Gasteiger partial charge in [-0.05, 0) is 49.6 Å². The first-order valence-corrected chi connectivity index (χ1v) is 11.9. The lowest BCUT2D eigenvalue weighted by atomic mass is 10.1. The summed E-state index contributed by atoms with van der Waals surface area (Å²) in [4.78, 5) is 25.3. The van der Waals surface area contributed by atoms with E-state index < -0.39 is 22.5 Å². The zero-order valence-electron chi connectivity index (χ0n) is 17.6. The number of anilines is 2. The van der Waals surface area contributed by atoms with Crippen molar-refractivity contribution in [2.24, 2.45) is 0 Å². The number of amides is 2. The van der Waals surface area contributed by atoms with Crippen LogP contribution in [0.3, 0.4) is 0 Å². The summed E-state index contributed by atoms with van der Waals surface area (Å²) in [6, 6.07) is 13.5. The second kappa shape index (κ2) is 9.93. The lowest BCUT2D eigenvalue weighted by Gasteiger charge is -2.22. The molecule has 1 fully saturated rings. The third-order valence-electron chi connectivity index (χ3n) is 4.94. The Morgan fingerprint density at radius 3 is 2.61 bits per heavy atom. The molecule has 2 aromatic carbocycles. The molecule has 1 heterocycles. The molecule has 1 saturated heterocycles. The topological polar surface area (TPSA) is 105 Å². The van der Waals surface area contributed by atoms with Gasteiger partial charge in [-0.25, -0.2) is 8.42 Å². The summed E-state index contributed by atoms with van der Waals surface area (Å²) in [6.07, 6.45) is 2.93. The van der Waals surface area contributed by atoms with Crippen molar-refractivity contribution in [1.29, 1.82) is 0 Å². The van der Waals surface area contributed by atoms with Crippen LogP contribution >= 0.6 is 0 Å². The zero-order valence-corrected chi connectivity index (χ0v) is 18.4. The zero-order chi connectivity index (χ0) is 22.4. The average molecular weight is 446 g/mol. The third-order valence-corrected chi connectivity index (χ3v) is 6.08. The van der Waals surface area contributed by atoms with Gasteiger partial charge in [-0.1, -0.05) is 24.3 Å². The maximum Gasteiger partial charge on any atom is 0.253 e. The lowest BCUT2D eigenvalue weighted by molar-refractivity contribution is -0.114. The van der Waals surface area contributed by atoms with Crippen LogP contribution in [-0.4, -0.2) is 52.3 Å². The number of nitrogens with one attached hydrogen (secondary N) is 2. The Morgan fingerprint density at radius 2 is 1.94 bits per heavy atom. The van der Waals surface area contributed by atoms with E-state index in [9.17, 15) is 18.0 Å². The van der Waals surface area contributed by atoms with Crippen molar-refractivity contribution in [3.05, 3.63) is 59.7 Å². The molecule has 1 atom stereocenters. The van der Waals surface area contributed by atoms with E-state index in [-0.39, 0.29) is 12.0 Å². The van der Waals surface area contributed by atoms with Crippen LogP contribution in [0, 0.1) is 6.92 Å². The normalized spacial score (nSPS) is 16.0. The Kier molecular flexibility index (Phi) is 7.29. The van der Waals surface area contributed by atoms with Gasteiger partial charge in [0.25, 0.3) is 5.91 Å². The van der Waals surface area contributed by atoms with Crippen molar-refractivity contribution in [2.45, 2.75) is 25.9 Å². The molecule has 166 valence electrons. The molecule has 0 aromatic heterocycles. The smallest absolute Gasteiger partial charge is 0.253 e. The summed E-state index contributed by atoms with van der Waals surface area (Å²) >= 11 is 0. The Hall–Kier alpha value is -2.91. The molecule has 0 radical (unpaired) electrons. The van der Waals surface area contributed by atoms with Gasteiger partial charge in [-0.2, -0.15) is 0 Å². The number of rotatable bonds is 8. The highest BCUT2D eigenvalue weighted by Crippen LogP contribution is 2.20. The van der Waals surface area contributed by atoms with E-state index in [4.69, 9.17) is 4.74 Å². The van der Waals surface area contributed by atoms with Crippen LogP contribution in [0.4, 0.5) is 11.4 Å². The Morgan fingerprint density at radius 1 is 1.16 bits per heavy atom. The molecule has 8 nitrogen and oxygen atoms in total. The summed E-state index contributed by atoms with van der Waals surface area (Å²) in [5.41, 5.74) is 1.89. The summed E-state index contributed by atoms with van der Waals surface area (Å²) < 4.78 is 31.1. The molecular weight excluding hydrogens is 418 g/mol. The summed E-state index contributed by atoms with van der Waals surface area (Å²) in [5, 5.41) is 5.50. The number of sulfonamides is 1. The van der Waals surface area contributed by atoms with Gasteiger partial charge in [0.05, 0.1) is 29.3 Å². The van der Waals surface area contributed by atoms with Crippen molar-refractivity contribution in [2.75, 3.05) is 35.6 Å². The van der Waals surface area contributed by atoms with E-state index >= 15 is 0 Å². The molecule has 0 spiro atoms. The number of carbonyl (C=O) groups is 2. The molecule has 31 heavy (non-hydrogen) atoms. The van der Waals surface area contributed by atoms with Gasteiger partial charge in [0.1, 0.15) is 6.54 Å². The number of benzene rings is 2. The maximum atomic E-state index is 12.7. The fourth-order valence-electron chi connectivity index (χ4n) is 3.40. The van der Waals surface area contributed by atoms with Gasteiger partial charge in [-0.3, -0.25) is 13.9 Å². The first kappa shape index (κ1) is 22.8. The molecule has 9 heteroatoms. The predicted octanol–water partition coefficient (Wildman–Crippen LogP) is 2.31. The standard InChI is InChI=1S/C22H27N3O5S/c1-16-7-5-8-17(13-16)25(31(2,28)29)15-21(26)24-20-11-4-3-10-19(20)22(27)23-14-18-9-6-12-30-18/h3-5,7-8,10-11,13,18H,6,9,12,14-15H2,1-2H3,(H,23,27)(H,24,26)/t18-/m1/s1. The number of hydrogen-bond acceptors (Lipinski definition) is 5. The fourth-order valence-corrected chi connectivity index (χ4v) is 4.25. The number of ether oxygens (including phenoxy) is 1. The van der Waals surface area contributed by atoms with Gasteiger partial charge >= 0.3 is 0 Å². The highest BCUT2D eigenvalue weighted by atomic mass is 32.2. The number of hydrogen-bond donors (Lipinski definition) is 2. The van der Waals surface area contributed by atoms with Gasteiger partial charge in [0.15, 0.2) is 0 Å². The molecule has 2 aromatic rings. The van der Waals surface area contributed by atoms with E-state index in [1.165, 1.54) is 0 Å². The van der Waals surface area contributed by atoms with Crippen LogP contribution in [-0.2, 0) is 19.6 Å². The van der Waals surface area contributed by atoms with Crippen LogP contribution in [0.25, 0.3) is 0 Å². The molecule has 2 amide bonds. The second-order valence-electron chi connectivity index (χ2n) is 7.55. The van der Waals surface area contributed by atoms with Crippen LogP contribution in [0.5, 0.6) is 0 Å². The highest BCUT2D eigenvalue weighted by molar-refractivity contribution is 7.92. The number of carbonyl (C=O) groups excluding carboxylic acids is 2. The second-order valence-corrected chi connectivity index (χ2v) is 9.45. The molecule has 3 rings (SSSR count). The quantitative estimate of drug-likeness (QED) is 0.649. The molecule has 0 saturated carbocycles. The van der Waals surface area contributed by atoms with Crippen molar-refractivity contribution >= 4 is 33.2 Å². The molecular formula is C22H27N3O5S. The minimum absolute atomic E-state index is 0.00310. The van der Waals surface area contributed by atoms with Gasteiger partial charge in [0, 0.05) is 13.2 Å². The maximum absolute atomic E-state index is 12.7. The Bertz CT molecular complexity index is 1050. The average Bonchev–Trinajstić information content (AvgIpc) is 3.23. The molecule has 0 aliphatic carbocycles. The molecule has 0 unspecified atom stereocenters. The van der Waals surface area contributed by atoms with Gasteiger partial charge < -0.3 is 15.4 Å². The summed E-state index contributed by atoms with van der Waals surface area (Å²) in [5.74, 6) is -0.878. The molecule has 0 bridgehead atoms. The first-order valence-electron chi connectivity index (χ1n) is 10.1.